The molecule has 0 aliphatic carbocycles. The molecule has 1 saturated heterocycles. The van der Waals surface area contributed by atoms with Crippen molar-refractivity contribution in [2.45, 2.75) is 23.9 Å². The van der Waals surface area contributed by atoms with Gasteiger partial charge in [0.05, 0.1) is 5.56 Å². The fourth-order valence-corrected chi connectivity index (χ4v) is 2.32. The van der Waals surface area contributed by atoms with Crippen LogP contribution in [-0.4, -0.2) is 16.1 Å². The van der Waals surface area contributed by atoms with E-state index in [9.17, 15) is 22.8 Å². The lowest BCUT2D eigenvalue weighted by atomic mass is 10.2. The summed E-state index contributed by atoms with van der Waals surface area (Å²) in [5.74, 6) is -0.630. The maximum atomic E-state index is 12.3. The molecule has 1 heterocycles. The number of carbonyl (C=O) groups excluding carboxylic acids is 2. The standard InChI is InChI=1S/C11H8F3NO2S/c12-11(13,14)7-1-3-8(4-2-7)18-15-9(16)5-6-10(15)17/h1-4H,5-6H2. The molecule has 0 spiro atoms. The lowest BCUT2D eigenvalue weighted by molar-refractivity contribution is -0.137. The van der Waals surface area contributed by atoms with Crippen molar-refractivity contribution in [3.63, 3.8) is 0 Å². The van der Waals surface area contributed by atoms with Crippen molar-refractivity contribution in [1.29, 1.82) is 0 Å². The number of rotatable bonds is 2. The molecular formula is C11H8F3NO2S. The van der Waals surface area contributed by atoms with Crippen LogP contribution in [0.25, 0.3) is 0 Å². The van der Waals surface area contributed by atoms with Crippen molar-refractivity contribution in [2.75, 3.05) is 0 Å². The molecule has 2 rings (SSSR count). The molecule has 3 nitrogen and oxygen atoms in total. The van der Waals surface area contributed by atoms with Gasteiger partial charge in [-0.1, -0.05) is 0 Å². The molecule has 1 fully saturated rings. The Kier molecular flexibility index (Phi) is 3.34. The van der Waals surface area contributed by atoms with Gasteiger partial charge in [0, 0.05) is 17.7 Å². The lowest BCUT2D eigenvalue weighted by Crippen LogP contribution is -2.20. The number of benzene rings is 1. The van der Waals surface area contributed by atoms with Gasteiger partial charge in [0.25, 0.3) is 0 Å². The third-order valence-corrected chi connectivity index (χ3v) is 3.46. The van der Waals surface area contributed by atoms with Gasteiger partial charge >= 0.3 is 6.18 Å². The van der Waals surface area contributed by atoms with Gasteiger partial charge in [-0.15, -0.1) is 0 Å². The molecule has 0 N–H and O–H groups in total. The largest absolute Gasteiger partial charge is 0.416 e. The molecule has 1 aromatic carbocycles. The Morgan fingerprint density at radius 1 is 1.00 bits per heavy atom. The van der Waals surface area contributed by atoms with Crippen LogP contribution in [0.4, 0.5) is 13.2 Å². The van der Waals surface area contributed by atoms with Crippen LogP contribution in [0.3, 0.4) is 0 Å². The second-order valence-corrected chi connectivity index (χ2v) is 4.71. The van der Waals surface area contributed by atoms with E-state index in [0.29, 0.717) is 4.90 Å². The number of nitrogens with zero attached hydrogens (tertiary/aromatic N) is 1. The maximum Gasteiger partial charge on any atom is 0.416 e. The average Bonchev–Trinajstić information content (AvgIpc) is 2.60. The third kappa shape index (κ3) is 2.66. The highest BCUT2D eigenvalue weighted by Crippen LogP contribution is 2.33. The van der Waals surface area contributed by atoms with Gasteiger partial charge in [-0.25, -0.2) is 4.31 Å². The normalized spacial score (nSPS) is 16.5. The average molecular weight is 275 g/mol. The number of hydrogen-bond donors (Lipinski definition) is 0. The van der Waals surface area contributed by atoms with Crippen LogP contribution in [0.2, 0.25) is 0 Å². The Morgan fingerprint density at radius 2 is 1.50 bits per heavy atom. The smallest absolute Gasteiger partial charge is 0.273 e. The minimum absolute atomic E-state index is 0.159. The van der Waals surface area contributed by atoms with Gasteiger partial charge in [0.1, 0.15) is 0 Å². The first-order valence-corrected chi connectivity index (χ1v) is 5.86. The number of halogens is 3. The molecule has 1 aromatic rings. The number of amides is 2. The maximum absolute atomic E-state index is 12.3. The van der Waals surface area contributed by atoms with E-state index >= 15 is 0 Å². The van der Waals surface area contributed by atoms with E-state index in [1.807, 2.05) is 0 Å². The predicted octanol–water partition coefficient (Wildman–Crippen LogP) is 2.86. The van der Waals surface area contributed by atoms with E-state index in [4.69, 9.17) is 0 Å². The second kappa shape index (κ2) is 4.64. The Balaban J connectivity index is 2.11. The first kappa shape index (κ1) is 12.9. The zero-order valence-electron chi connectivity index (χ0n) is 9.03. The van der Waals surface area contributed by atoms with Crippen molar-refractivity contribution >= 4 is 23.8 Å². The highest BCUT2D eigenvalue weighted by Gasteiger charge is 2.32. The van der Waals surface area contributed by atoms with Crippen LogP contribution >= 0.6 is 11.9 Å². The van der Waals surface area contributed by atoms with Crippen molar-refractivity contribution in [2.24, 2.45) is 0 Å². The number of alkyl halides is 3. The molecule has 7 heteroatoms. The number of hydrogen-bond acceptors (Lipinski definition) is 3. The van der Waals surface area contributed by atoms with E-state index in [2.05, 4.69) is 0 Å². The summed E-state index contributed by atoms with van der Waals surface area (Å²) in [6.45, 7) is 0. The van der Waals surface area contributed by atoms with Crippen molar-refractivity contribution in [3.8, 4) is 0 Å². The molecule has 2 amide bonds. The molecule has 0 radical (unpaired) electrons. The van der Waals surface area contributed by atoms with Gasteiger partial charge < -0.3 is 0 Å². The first-order valence-electron chi connectivity index (χ1n) is 5.09. The van der Waals surface area contributed by atoms with E-state index in [1.54, 1.807) is 0 Å². The van der Waals surface area contributed by atoms with E-state index in [1.165, 1.54) is 12.1 Å². The fraction of sp³-hybridized carbons (Fsp3) is 0.273. The van der Waals surface area contributed by atoms with Crippen LogP contribution in [-0.2, 0) is 15.8 Å². The van der Waals surface area contributed by atoms with Crippen molar-refractivity contribution in [1.82, 2.24) is 4.31 Å². The zero-order chi connectivity index (χ0) is 13.3. The SMILES string of the molecule is O=C1CCC(=O)N1Sc1ccc(C(F)(F)F)cc1. The molecule has 1 aliphatic heterocycles. The van der Waals surface area contributed by atoms with Crippen LogP contribution in [0.5, 0.6) is 0 Å². The fourth-order valence-electron chi connectivity index (χ4n) is 1.47. The Hall–Kier alpha value is -1.50. The van der Waals surface area contributed by atoms with Crippen LogP contribution in [0.15, 0.2) is 29.2 Å². The Labute approximate surface area is 105 Å². The summed E-state index contributed by atoms with van der Waals surface area (Å²) >= 11 is 0.854. The zero-order valence-corrected chi connectivity index (χ0v) is 9.85. The lowest BCUT2D eigenvalue weighted by Gasteiger charge is -2.12. The van der Waals surface area contributed by atoms with Crippen molar-refractivity contribution < 1.29 is 22.8 Å². The summed E-state index contributed by atoms with van der Waals surface area (Å²) < 4.78 is 38.0. The highest BCUT2D eigenvalue weighted by atomic mass is 32.2. The summed E-state index contributed by atoms with van der Waals surface area (Å²) in [6.07, 6.45) is -4.07. The third-order valence-electron chi connectivity index (χ3n) is 2.38. The summed E-state index contributed by atoms with van der Waals surface area (Å²) in [6, 6.07) is 4.33. The van der Waals surface area contributed by atoms with Crippen LogP contribution in [0, 0.1) is 0 Å². The Bertz CT molecular complexity index is 468. The summed E-state index contributed by atoms with van der Waals surface area (Å²) in [5, 5.41) is 0. The molecule has 0 atom stereocenters. The first-order chi connectivity index (χ1) is 8.38. The molecule has 96 valence electrons. The second-order valence-electron chi connectivity index (χ2n) is 3.70. The van der Waals surface area contributed by atoms with Gasteiger partial charge in [0.2, 0.25) is 11.8 Å². The van der Waals surface area contributed by atoms with Crippen LogP contribution < -0.4 is 0 Å². The summed E-state index contributed by atoms with van der Waals surface area (Å²) in [5.41, 5.74) is -0.758. The predicted molar refractivity (Wildman–Crippen MR) is 58.4 cm³/mol. The minimum atomic E-state index is -4.39. The quantitative estimate of drug-likeness (QED) is 0.615. The summed E-state index contributed by atoms with van der Waals surface area (Å²) in [7, 11) is 0. The number of imide groups is 1. The van der Waals surface area contributed by atoms with Crippen LogP contribution in [0.1, 0.15) is 18.4 Å². The van der Waals surface area contributed by atoms with Gasteiger partial charge in [0.15, 0.2) is 0 Å². The highest BCUT2D eigenvalue weighted by molar-refractivity contribution is 7.98. The summed E-state index contributed by atoms with van der Waals surface area (Å²) in [4.78, 5) is 23.1. The molecule has 0 unspecified atom stereocenters. The van der Waals surface area contributed by atoms with Gasteiger partial charge in [-0.3, -0.25) is 9.59 Å². The molecular weight excluding hydrogens is 267 g/mol. The van der Waals surface area contributed by atoms with Crippen molar-refractivity contribution in [3.05, 3.63) is 29.8 Å². The van der Waals surface area contributed by atoms with E-state index < -0.39 is 11.7 Å². The molecule has 1 aliphatic rings. The van der Waals surface area contributed by atoms with Gasteiger partial charge in [-0.2, -0.15) is 13.2 Å². The molecule has 0 aromatic heterocycles. The minimum Gasteiger partial charge on any atom is -0.273 e. The molecule has 0 bridgehead atoms. The molecule has 0 saturated carbocycles. The van der Waals surface area contributed by atoms with E-state index in [-0.39, 0.29) is 24.7 Å². The monoisotopic (exact) mass is 275 g/mol. The molecule has 18 heavy (non-hydrogen) atoms. The van der Waals surface area contributed by atoms with E-state index in [0.717, 1.165) is 28.4 Å². The number of carbonyl (C=O) groups is 2. The topological polar surface area (TPSA) is 37.4 Å². The van der Waals surface area contributed by atoms with Gasteiger partial charge in [-0.05, 0) is 36.2 Å². The Morgan fingerprint density at radius 3 is 1.94 bits per heavy atom.